The van der Waals surface area contributed by atoms with Gasteiger partial charge < -0.3 is 14.4 Å². The second-order valence-corrected chi connectivity index (χ2v) is 7.41. The van der Waals surface area contributed by atoms with Gasteiger partial charge in [0, 0.05) is 26.2 Å². The van der Waals surface area contributed by atoms with Crippen LogP contribution >= 0.6 is 0 Å². The number of amides is 2. The van der Waals surface area contributed by atoms with Crippen LogP contribution in [-0.4, -0.2) is 62.7 Å². The number of hydrogen-bond donors (Lipinski definition) is 0. The first-order chi connectivity index (χ1) is 14.6. The summed E-state index contributed by atoms with van der Waals surface area (Å²) in [5.41, 5.74) is 1.66. The molecular weight excluding hydrogens is 382 g/mol. The minimum Gasteiger partial charge on any atom is -0.495 e. The second-order valence-electron chi connectivity index (χ2n) is 7.41. The average molecular weight is 409 g/mol. The topological polar surface area (TPSA) is 62.3 Å². The van der Waals surface area contributed by atoms with Crippen molar-refractivity contribution in [3.05, 3.63) is 48.5 Å². The van der Waals surface area contributed by atoms with Gasteiger partial charge >= 0.3 is 0 Å². The highest BCUT2D eigenvalue weighted by Gasteiger charge is 2.43. The molecule has 7 nitrogen and oxygen atoms in total. The summed E-state index contributed by atoms with van der Waals surface area (Å²) < 4.78 is 10.9. The van der Waals surface area contributed by atoms with E-state index >= 15 is 0 Å². The molecule has 0 aliphatic carbocycles. The lowest BCUT2D eigenvalue weighted by atomic mass is 10.1. The third kappa shape index (κ3) is 3.85. The first kappa shape index (κ1) is 20.2. The summed E-state index contributed by atoms with van der Waals surface area (Å²) in [6.07, 6.45) is 0.223. The van der Waals surface area contributed by atoms with Crippen molar-refractivity contribution >= 4 is 23.2 Å². The maximum absolute atomic E-state index is 13.1. The molecule has 2 aromatic rings. The van der Waals surface area contributed by atoms with Crippen molar-refractivity contribution in [2.24, 2.45) is 0 Å². The van der Waals surface area contributed by atoms with Gasteiger partial charge in [0.15, 0.2) is 0 Å². The van der Waals surface area contributed by atoms with E-state index in [4.69, 9.17) is 9.47 Å². The van der Waals surface area contributed by atoms with E-state index in [9.17, 15) is 9.59 Å². The zero-order valence-corrected chi connectivity index (χ0v) is 17.4. The highest BCUT2D eigenvalue weighted by molar-refractivity contribution is 6.22. The van der Waals surface area contributed by atoms with E-state index in [0.29, 0.717) is 12.3 Å². The van der Waals surface area contributed by atoms with Gasteiger partial charge in [-0.2, -0.15) is 0 Å². The van der Waals surface area contributed by atoms with Gasteiger partial charge in [-0.25, -0.2) is 4.90 Å². The van der Waals surface area contributed by atoms with Crippen molar-refractivity contribution in [2.45, 2.75) is 19.4 Å². The molecule has 2 saturated heterocycles. The lowest BCUT2D eigenvalue weighted by Gasteiger charge is -2.38. The predicted octanol–water partition coefficient (Wildman–Crippen LogP) is 2.55. The molecule has 0 saturated carbocycles. The summed E-state index contributed by atoms with van der Waals surface area (Å²) >= 11 is 0. The van der Waals surface area contributed by atoms with E-state index in [0.717, 1.165) is 43.4 Å². The van der Waals surface area contributed by atoms with Crippen LogP contribution in [0.15, 0.2) is 48.5 Å². The number of rotatable bonds is 6. The van der Waals surface area contributed by atoms with Crippen molar-refractivity contribution in [3.63, 3.8) is 0 Å². The highest BCUT2D eigenvalue weighted by Crippen LogP contribution is 2.31. The molecule has 2 aromatic carbocycles. The fraction of sp³-hybridized carbons (Fsp3) is 0.391. The van der Waals surface area contributed by atoms with Gasteiger partial charge in [0.1, 0.15) is 11.5 Å². The Hall–Kier alpha value is -3.06. The van der Waals surface area contributed by atoms with E-state index in [-0.39, 0.29) is 18.2 Å². The van der Waals surface area contributed by atoms with Gasteiger partial charge in [0.2, 0.25) is 5.91 Å². The van der Waals surface area contributed by atoms with Crippen LogP contribution in [0.4, 0.5) is 11.4 Å². The molecule has 2 amide bonds. The summed E-state index contributed by atoms with van der Waals surface area (Å²) in [7, 11) is 1.67. The maximum Gasteiger partial charge on any atom is 0.251 e. The van der Waals surface area contributed by atoms with E-state index < -0.39 is 6.04 Å². The summed E-state index contributed by atoms with van der Waals surface area (Å²) in [5.74, 6) is 1.28. The molecule has 158 valence electrons. The molecule has 7 heteroatoms. The van der Waals surface area contributed by atoms with Crippen LogP contribution in [0.1, 0.15) is 13.3 Å². The molecule has 2 aliphatic rings. The normalized spacial score (nSPS) is 20.0. The number of anilines is 2. The number of para-hydroxylation sites is 2. The minimum absolute atomic E-state index is 0.144. The standard InChI is InChI=1S/C23H27N3O4/c1-3-30-18-10-8-17(9-11-18)26-22(27)16-20(23(26)28)25-14-12-24(13-15-25)19-6-4-5-7-21(19)29-2/h4-11,20H,3,12-16H2,1-2H3/t20-/m1/s1. The molecule has 0 spiro atoms. The van der Waals surface area contributed by atoms with Crippen molar-refractivity contribution in [1.82, 2.24) is 4.90 Å². The molecule has 2 aliphatic heterocycles. The van der Waals surface area contributed by atoms with Crippen LogP contribution < -0.4 is 19.3 Å². The Balaban J connectivity index is 1.42. The second kappa shape index (κ2) is 8.75. The van der Waals surface area contributed by atoms with Crippen LogP contribution in [0.5, 0.6) is 11.5 Å². The fourth-order valence-corrected chi connectivity index (χ4v) is 4.20. The van der Waals surface area contributed by atoms with Crippen LogP contribution in [0.3, 0.4) is 0 Å². The molecule has 1 atom stereocenters. The smallest absolute Gasteiger partial charge is 0.251 e. The number of piperazine rings is 1. The summed E-state index contributed by atoms with van der Waals surface area (Å²) in [5, 5.41) is 0. The van der Waals surface area contributed by atoms with Gasteiger partial charge in [0.25, 0.3) is 5.91 Å². The SMILES string of the molecule is CCOc1ccc(N2C(=O)C[C@@H](N3CCN(c4ccccc4OC)CC3)C2=O)cc1. The van der Waals surface area contributed by atoms with Gasteiger partial charge in [-0.05, 0) is 43.3 Å². The molecule has 0 radical (unpaired) electrons. The lowest BCUT2D eigenvalue weighted by Crippen LogP contribution is -2.52. The van der Waals surface area contributed by atoms with E-state index in [1.54, 1.807) is 31.4 Å². The first-order valence-electron chi connectivity index (χ1n) is 10.3. The van der Waals surface area contributed by atoms with Crippen molar-refractivity contribution < 1.29 is 19.1 Å². The predicted molar refractivity (Wildman–Crippen MR) is 115 cm³/mol. The van der Waals surface area contributed by atoms with Gasteiger partial charge in [0.05, 0.1) is 37.6 Å². The monoisotopic (exact) mass is 409 g/mol. The van der Waals surface area contributed by atoms with Crippen LogP contribution in [0.25, 0.3) is 0 Å². The molecule has 4 rings (SSSR count). The molecule has 0 unspecified atom stereocenters. The largest absolute Gasteiger partial charge is 0.495 e. The molecule has 30 heavy (non-hydrogen) atoms. The zero-order chi connectivity index (χ0) is 21.1. The van der Waals surface area contributed by atoms with Crippen molar-refractivity contribution in [3.8, 4) is 11.5 Å². The number of methoxy groups -OCH3 is 1. The third-order valence-electron chi connectivity index (χ3n) is 5.71. The quantitative estimate of drug-likeness (QED) is 0.684. The number of hydrogen-bond acceptors (Lipinski definition) is 6. The number of nitrogens with zero attached hydrogens (tertiary/aromatic N) is 3. The van der Waals surface area contributed by atoms with E-state index in [1.807, 2.05) is 31.2 Å². The summed E-state index contributed by atoms with van der Waals surface area (Å²) in [6, 6.07) is 14.7. The Bertz CT molecular complexity index is 907. The third-order valence-corrected chi connectivity index (χ3v) is 5.71. The van der Waals surface area contributed by atoms with Crippen molar-refractivity contribution in [2.75, 3.05) is 49.7 Å². The molecule has 0 aromatic heterocycles. The Labute approximate surface area is 176 Å². The molecular formula is C23H27N3O4. The number of imide groups is 1. The van der Waals surface area contributed by atoms with Gasteiger partial charge in [-0.3, -0.25) is 14.5 Å². The Morgan fingerprint density at radius 2 is 1.67 bits per heavy atom. The van der Waals surface area contributed by atoms with Crippen LogP contribution in [0.2, 0.25) is 0 Å². The van der Waals surface area contributed by atoms with E-state index in [1.165, 1.54) is 4.90 Å². The number of carbonyl (C=O) groups excluding carboxylic acids is 2. The van der Waals surface area contributed by atoms with Gasteiger partial charge in [-0.15, -0.1) is 0 Å². The fourth-order valence-electron chi connectivity index (χ4n) is 4.20. The summed E-state index contributed by atoms with van der Waals surface area (Å²) in [6.45, 7) is 5.49. The van der Waals surface area contributed by atoms with Crippen LogP contribution in [0, 0.1) is 0 Å². The first-order valence-corrected chi connectivity index (χ1v) is 10.3. The number of ether oxygens (including phenoxy) is 2. The number of benzene rings is 2. The highest BCUT2D eigenvalue weighted by atomic mass is 16.5. The van der Waals surface area contributed by atoms with Crippen molar-refractivity contribution in [1.29, 1.82) is 0 Å². The van der Waals surface area contributed by atoms with E-state index in [2.05, 4.69) is 9.80 Å². The minimum atomic E-state index is -0.399. The Morgan fingerprint density at radius 3 is 2.33 bits per heavy atom. The molecule has 0 N–H and O–H groups in total. The number of carbonyl (C=O) groups is 2. The van der Waals surface area contributed by atoms with Gasteiger partial charge in [-0.1, -0.05) is 12.1 Å². The zero-order valence-electron chi connectivity index (χ0n) is 17.4. The van der Waals surface area contributed by atoms with Crippen LogP contribution in [-0.2, 0) is 9.59 Å². The summed E-state index contributed by atoms with van der Waals surface area (Å²) in [4.78, 5) is 31.4. The molecule has 2 heterocycles. The molecule has 0 bridgehead atoms. The Morgan fingerprint density at radius 1 is 0.967 bits per heavy atom. The molecule has 2 fully saturated rings. The lowest BCUT2D eigenvalue weighted by molar-refractivity contribution is -0.123. The average Bonchev–Trinajstić information content (AvgIpc) is 3.08. The Kier molecular flexibility index (Phi) is 5.90. The maximum atomic E-state index is 13.1.